The molecule has 4 atom stereocenters. The van der Waals surface area contributed by atoms with Crippen LogP contribution in [0.5, 0.6) is 0 Å². The highest BCUT2D eigenvalue weighted by molar-refractivity contribution is 6.99. The molecule has 1 unspecified atom stereocenters. The summed E-state index contributed by atoms with van der Waals surface area (Å²) in [5, 5.41) is 5.62. The quantitative estimate of drug-likeness (QED) is 0.286. The van der Waals surface area contributed by atoms with Crippen molar-refractivity contribution in [2.24, 2.45) is 5.92 Å². The summed E-state index contributed by atoms with van der Waals surface area (Å²) >= 11 is 0. The van der Waals surface area contributed by atoms with Crippen LogP contribution in [0.2, 0.25) is 5.04 Å². The van der Waals surface area contributed by atoms with Crippen LogP contribution in [0.1, 0.15) is 68.7 Å². The van der Waals surface area contributed by atoms with Gasteiger partial charge in [0.1, 0.15) is 17.2 Å². The topological polar surface area (TPSA) is 87.0 Å². The van der Waals surface area contributed by atoms with Gasteiger partial charge in [-0.3, -0.25) is 4.90 Å². The number of likely N-dealkylation sites (tertiary alicyclic amines) is 1. The maximum Gasteiger partial charge on any atom is 0.411 e. The summed E-state index contributed by atoms with van der Waals surface area (Å²) in [6.07, 6.45) is -0.0325. The molecule has 0 saturated carbocycles. The van der Waals surface area contributed by atoms with Crippen LogP contribution in [-0.4, -0.2) is 67.8 Å². The Morgan fingerprint density at radius 1 is 0.829 bits per heavy atom. The first-order chi connectivity index (χ1) is 19.0. The van der Waals surface area contributed by atoms with Gasteiger partial charge in [-0.15, -0.1) is 0 Å². The van der Waals surface area contributed by atoms with Crippen LogP contribution in [0.25, 0.3) is 0 Å². The summed E-state index contributed by atoms with van der Waals surface area (Å²) in [6, 6.07) is 20.1. The molecule has 4 rings (SSSR count). The second kappa shape index (κ2) is 11.5. The third kappa shape index (κ3) is 7.04. The zero-order valence-electron chi connectivity index (χ0n) is 26.2. The van der Waals surface area contributed by atoms with E-state index in [0.29, 0.717) is 13.0 Å². The van der Waals surface area contributed by atoms with Gasteiger partial charge in [-0.2, -0.15) is 0 Å². The molecule has 2 aromatic rings. The van der Waals surface area contributed by atoms with Crippen LogP contribution in [-0.2, 0) is 18.7 Å². The van der Waals surface area contributed by atoms with Crippen LogP contribution in [0, 0.1) is 5.92 Å². The molecular weight excluding hydrogens is 532 g/mol. The van der Waals surface area contributed by atoms with E-state index in [4.69, 9.17) is 13.9 Å². The predicted molar refractivity (Wildman–Crippen MR) is 165 cm³/mol. The van der Waals surface area contributed by atoms with Crippen molar-refractivity contribution in [3.63, 3.8) is 0 Å². The SMILES string of the molecule is CC(C)(C)OC(=O)[C@H]1C[C@@H](CO[Si](c2ccccc2)(c2ccccc2)C(C)(C)C)[C@H](C2CN2)N1C(=O)OC(C)(C)C. The Balaban J connectivity index is 1.74. The average Bonchev–Trinajstić information content (AvgIpc) is 3.62. The zero-order chi connectivity index (χ0) is 30.2. The Kier molecular flexibility index (Phi) is 8.79. The van der Waals surface area contributed by atoms with Gasteiger partial charge in [-0.25, -0.2) is 9.59 Å². The van der Waals surface area contributed by atoms with Gasteiger partial charge in [0.25, 0.3) is 8.32 Å². The number of carbonyl (C=O) groups is 2. The molecule has 0 spiro atoms. The van der Waals surface area contributed by atoms with Crippen LogP contribution < -0.4 is 15.7 Å². The molecule has 41 heavy (non-hydrogen) atoms. The minimum Gasteiger partial charge on any atom is -0.458 e. The van der Waals surface area contributed by atoms with Gasteiger partial charge < -0.3 is 19.2 Å². The van der Waals surface area contributed by atoms with E-state index in [-0.39, 0.29) is 23.0 Å². The lowest BCUT2D eigenvalue weighted by Crippen LogP contribution is -2.67. The average molecular weight is 581 g/mol. The molecule has 2 saturated heterocycles. The first-order valence-electron chi connectivity index (χ1n) is 14.8. The van der Waals surface area contributed by atoms with Crippen molar-refractivity contribution in [1.82, 2.24) is 10.2 Å². The van der Waals surface area contributed by atoms with E-state index in [1.165, 1.54) is 10.4 Å². The van der Waals surface area contributed by atoms with Crippen molar-refractivity contribution >= 4 is 30.8 Å². The largest absolute Gasteiger partial charge is 0.458 e. The highest BCUT2D eigenvalue weighted by Gasteiger charge is 2.56. The molecule has 2 fully saturated rings. The molecule has 0 aliphatic carbocycles. The van der Waals surface area contributed by atoms with Crippen LogP contribution >= 0.6 is 0 Å². The number of carbonyl (C=O) groups excluding carboxylic acids is 2. The van der Waals surface area contributed by atoms with Crippen molar-refractivity contribution in [2.75, 3.05) is 13.2 Å². The van der Waals surface area contributed by atoms with Crippen LogP contribution in [0.15, 0.2) is 60.7 Å². The van der Waals surface area contributed by atoms with Gasteiger partial charge in [0.15, 0.2) is 0 Å². The highest BCUT2D eigenvalue weighted by Crippen LogP contribution is 2.41. The summed E-state index contributed by atoms with van der Waals surface area (Å²) in [6.45, 7) is 19.0. The van der Waals surface area contributed by atoms with Crippen LogP contribution in [0.3, 0.4) is 0 Å². The lowest BCUT2D eigenvalue weighted by Gasteiger charge is -2.44. The third-order valence-electron chi connectivity index (χ3n) is 7.73. The lowest BCUT2D eigenvalue weighted by molar-refractivity contribution is -0.160. The molecule has 2 aliphatic rings. The molecule has 1 amide bonds. The molecule has 0 bridgehead atoms. The summed E-state index contributed by atoms with van der Waals surface area (Å²) < 4.78 is 19.0. The highest BCUT2D eigenvalue weighted by atomic mass is 28.4. The minimum absolute atomic E-state index is 0.0720. The van der Waals surface area contributed by atoms with E-state index in [0.717, 1.165) is 6.54 Å². The molecule has 0 radical (unpaired) electrons. The van der Waals surface area contributed by atoms with Crippen molar-refractivity contribution in [2.45, 2.75) is 103 Å². The Hall–Kier alpha value is -2.68. The standard InChI is InChI=1S/C33H48N2O5Si/c1-31(2,3)39-29(36)27-20-23(28(26-21-34-26)35(27)30(37)40-32(4,5)6)22-38-41(33(7,8)9,24-16-12-10-13-17-24)25-18-14-11-15-19-25/h10-19,23,26-28,34H,20-22H2,1-9H3/t23-,26?,27+,28+/m0/s1. The molecule has 8 heteroatoms. The fourth-order valence-electron chi connectivity index (χ4n) is 6.11. The first kappa shape index (κ1) is 31.3. The number of rotatable bonds is 7. The Morgan fingerprint density at radius 2 is 1.32 bits per heavy atom. The predicted octanol–water partition coefficient (Wildman–Crippen LogP) is 4.87. The van der Waals surface area contributed by atoms with E-state index in [1.807, 2.05) is 53.7 Å². The minimum atomic E-state index is -2.81. The van der Waals surface area contributed by atoms with E-state index in [1.54, 1.807) is 4.90 Å². The van der Waals surface area contributed by atoms with E-state index in [9.17, 15) is 9.59 Å². The second-order valence-corrected chi connectivity index (χ2v) is 18.7. The number of hydrogen-bond donors (Lipinski definition) is 1. The third-order valence-corrected chi connectivity index (χ3v) is 12.7. The summed E-state index contributed by atoms with van der Waals surface area (Å²) in [5.41, 5.74) is -1.37. The number of esters is 1. The second-order valence-electron chi connectivity index (χ2n) is 14.4. The summed E-state index contributed by atoms with van der Waals surface area (Å²) in [4.78, 5) is 28.9. The molecule has 0 aromatic heterocycles. The number of amides is 1. The fourth-order valence-corrected chi connectivity index (χ4v) is 10.7. The Morgan fingerprint density at radius 3 is 1.73 bits per heavy atom. The summed E-state index contributed by atoms with van der Waals surface area (Å²) in [7, 11) is -2.81. The monoisotopic (exact) mass is 580 g/mol. The maximum absolute atomic E-state index is 13.7. The van der Waals surface area contributed by atoms with Gasteiger partial charge in [-0.05, 0) is 63.4 Å². The number of benzene rings is 2. The Bertz CT molecular complexity index is 1160. The molecule has 2 aliphatic heterocycles. The number of ether oxygens (including phenoxy) is 2. The molecule has 2 aromatic carbocycles. The van der Waals surface area contributed by atoms with Gasteiger partial charge in [-0.1, -0.05) is 81.4 Å². The number of hydrogen-bond acceptors (Lipinski definition) is 6. The van der Waals surface area contributed by atoms with Gasteiger partial charge >= 0.3 is 12.1 Å². The van der Waals surface area contributed by atoms with E-state index >= 15 is 0 Å². The van der Waals surface area contributed by atoms with Crippen LogP contribution in [0.4, 0.5) is 4.79 Å². The molecular formula is C33H48N2O5Si. The smallest absolute Gasteiger partial charge is 0.411 e. The zero-order valence-corrected chi connectivity index (χ0v) is 27.2. The molecule has 224 valence electrons. The van der Waals surface area contributed by atoms with Crippen molar-refractivity contribution in [1.29, 1.82) is 0 Å². The van der Waals surface area contributed by atoms with Gasteiger partial charge in [0.05, 0.1) is 6.04 Å². The molecule has 2 heterocycles. The van der Waals surface area contributed by atoms with Crippen molar-refractivity contribution < 1.29 is 23.5 Å². The first-order valence-corrected chi connectivity index (χ1v) is 16.7. The lowest BCUT2D eigenvalue weighted by atomic mass is 9.97. The van der Waals surface area contributed by atoms with E-state index in [2.05, 4.69) is 74.6 Å². The molecule has 7 nitrogen and oxygen atoms in total. The number of nitrogens with one attached hydrogen (secondary N) is 1. The van der Waals surface area contributed by atoms with E-state index < -0.39 is 37.6 Å². The number of nitrogens with zero attached hydrogens (tertiary/aromatic N) is 1. The summed E-state index contributed by atoms with van der Waals surface area (Å²) in [5.74, 6) is -0.483. The van der Waals surface area contributed by atoms with Crippen molar-refractivity contribution in [3.05, 3.63) is 60.7 Å². The normalized spacial score (nSPS) is 23.3. The fraction of sp³-hybridized carbons (Fsp3) is 0.576. The van der Waals surface area contributed by atoms with Crippen molar-refractivity contribution in [3.8, 4) is 0 Å². The van der Waals surface area contributed by atoms with Gasteiger partial charge in [0, 0.05) is 25.1 Å². The van der Waals surface area contributed by atoms with Gasteiger partial charge in [0.2, 0.25) is 0 Å². The maximum atomic E-state index is 13.7. The Labute approximate surface area is 247 Å². The molecule has 1 N–H and O–H groups in total.